The lowest BCUT2D eigenvalue weighted by Gasteiger charge is -2.22. The van der Waals surface area contributed by atoms with Gasteiger partial charge in [-0.15, -0.1) is 0 Å². The van der Waals surface area contributed by atoms with Crippen LogP contribution in [0.2, 0.25) is 0 Å². The molecule has 7 nitrogen and oxygen atoms in total. The number of carbonyl (C=O) groups excluding carboxylic acids is 1. The van der Waals surface area contributed by atoms with E-state index >= 15 is 0 Å². The molecule has 2 saturated carbocycles. The second kappa shape index (κ2) is 12.2. The van der Waals surface area contributed by atoms with Gasteiger partial charge >= 0.3 is 5.97 Å². The molecule has 0 unspecified atom stereocenters. The van der Waals surface area contributed by atoms with Gasteiger partial charge < -0.3 is 14.6 Å². The van der Waals surface area contributed by atoms with Crippen molar-refractivity contribution in [3.05, 3.63) is 45.6 Å². The van der Waals surface area contributed by atoms with E-state index in [2.05, 4.69) is 0 Å². The van der Waals surface area contributed by atoms with E-state index < -0.39 is 16.1 Å². The molecule has 4 rings (SSSR count). The summed E-state index contributed by atoms with van der Waals surface area (Å²) in [5, 5.41) is 10.2. The van der Waals surface area contributed by atoms with Crippen molar-refractivity contribution >= 4 is 83.9 Å². The quantitative estimate of drug-likeness (QED) is 0.128. The largest absolute Gasteiger partial charge is 0.506 e. The van der Waals surface area contributed by atoms with E-state index in [0.717, 1.165) is 56.9 Å². The Hall–Kier alpha value is -0.390. The fraction of sp³-hybridized carbons (Fsp3) is 0.480. The van der Waals surface area contributed by atoms with Crippen molar-refractivity contribution in [2.75, 3.05) is 13.2 Å². The molecule has 11 heteroatoms. The summed E-state index contributed by atoms with van der Waals surface area (Å²) in [6.07, 6.45) is 7.81. The van der Waals surface area contributed by atoms with E-state index in [4.69, 9.17) is 9.47 Å². The molecular formula is C25H27I3O7S. The first-order valence-corrected chi connectivity index (χ1v) is 16.6. The van der Waals surface area contributed by atoms with Crippen LogP contribution in [0.1, 0.15) is 84.7 Å². The van der Waals surface area contributed by atoms with Gasteiger partial charge in [0.2, 0.25) is 0 Å². The zero-order valence-corrected chi connectivity index (χ0v) is 26.7. The predicted octanol–water partition coefficient (Wildman–Crippen LogP) is 7.00. The number of rotatable bonds is 8. The number of ether oxygens (including phenoxy) is 2. The molecule has 0 amide bonds. The minimum Gasteiger partial charge on any atom is -0.506 e. The molecular weight excluding hydrogens is 825 g/mol. The standard InChI is InChI=1S/C25H27I3O7S/c26-18-13-19(27)24(29)23(28)22(18)25(30)35-10-9-34-20-11-17(15-7-3-4-8-15)21(36(31,32)33)12-16(20)14-5-1-2-6-14/h11-15,29H,1-10H2,(H,31,32,33). The van der Waals surface area contributed by atoms with Gasteiger partial charge in [-0.25, -0.2) is 4.79 Å². The first-order chi connectivity index (χ1) is 17.1. The molecule has 0 radical (unpaired) electrons. The molecule has 0 aliphatic heterocycles. The number of phenols is 1. The molecule has 2 N–H and O–H groups in total. The number of hydrogen-bond donors (Lipinski definition) is 2. The van der Waals surface area contributed by atoms with E-state index in [1.54, 1.807) is 18.2 Å². The molecule has 0 spiro atoms. The number of aromatic hydroxyl groups is 1. The fourth-order valence-electron chi connectivity index (χ4n) is 5.18. The zero-order valence-electron chi connectivity index (χ0n) is 19.4. The van der Waals surface area contributed by atoms with Crippen molar-refractivity contribution in [2.45, 2.75) is 68.1 Å². The first-order valence-electron chi connectivity index (χ1n) is 11.9. The molecule has 0 bridgehead atoms. The lowest BCUT2D eigenvalue weighted by molar-refractivity contribution is 0.0446. The number of halogens is 3. The van der Waals surface area contributed by atoms with Crippen LogP contribution in [0.15, 0.2) is 23.1 Å². The van der Waals surface area contributed by atoms with Gasteiger partial charge in [-0.05, 0) is 135 Å². The van der Waals surface area contributed by atoms with Crippen LogP contribution in [0, 0.1) is 10.7 Å². The maximum atomic E-state index is 12.7. The van der Waals surface area contributed by atoms with E-state index in [1.165, 1.54) is 0 Å². The van der Waals surface area contributed by atoms with Gasteiger partial charge in [-0.3, -0.25) is 4.55 Å². The van der Waals surface area contributed by atoms with E-state index in [-0.39, 0.29) is 35.7 Å². The summed E-state index contributed by atoms with van der Waals surface area (Å²) < 4.78 is 48.0. The van der Waals surface area contributed by atoms with Gasteiger partial charge in [0, 0.05) is 3.57 Å². The predicted molar refractivity (Wildman–Crippen MR) is 161 cm³/mol. The Balaban J connectivity index is 1.54. The summed E-state index contributed by atoms with van der Waals surface area (Å²) in [6.45, 7) is 0.102. The molecule has 0 aromatic heterocycles. The summed E-state index contributed by atoms with van der Waals surface area (Å²) in [5.74, 6) is 0.349. The molecule has 196 valence electrons. The van der Waals surface area contributed by atoms with Crippen LogP contribution in [-0.4, -0.2) is 37.3 Å². The van der Waals surface area contributed by atoms with Gasteiger partial charge in [-0.2, -0.15) is 8.42 Å². The summed E-state index contributed by atoms with van der Waals surface area (Å²) in [4.78, 5) is 12.7. The Morgan fingerprint density at radius 3 is 2.06 bits per heavy atom. The highest BCUT2D eigenvalue weighted by molar-refractivity contribution is 14.1. The first kappa shape index (κ1) is 28.6. The van der Waals surface area contributed by atoms with Crippen LogP contribution in [-0.2, 0) is 14.9 Å². The Morgan fingerprint density at radius 1 is 0.889 bits per heavy atom. The second-order valence-electron chi connectivity index (χ2n) is 9.23. The van der Waals surface area contributed by atoms with Gasteiger partial charge in [0.05, 0.1) is 17.6 Å². The minimum atomic E-state index is -4.37. The van der Waals surface area contributed by atoms with Crippen molar-refractivity contribution in [2.24, 2.45) is 0 Å². The molecule has 36 heavy (non-hydrogen) atoms. The maximum absolute atomic E-state index is 12.7. The highest BCUT2D eigenvalue weighted by Crippen LogP contribution is 2.45. The third-order valence-corrected chi connectivity index (χ3v) is 10.6. The Kier molecular flexibility index (Phi) is 9.70. The smallest absolute Gasteiger partial charge is 0.340 e. The molecule has 2 aliphatic carbocycles. The normalized spacial score (nSPS) is 17.0. The fourth-order valence-corrected chi connectivity index (χ4v) is 9.79. The number of phenolic OH excluding ortho intramolecular Hbond substituents is 1. The second-order valence-corrected chi connectivity index (χ2v) is 14.0. The monoisotopic (exact) mass is 852 g/mol. The summed E-state index contributed by atoms with van der Waals surface area (Å²) in [5.41, 5.74) is 1.73. The minimum absolute atomic E-state index is 0.000655. The van der Waals surface area contributed by atoms with Crippen LogP contribution in [0.25, 0.3) is 0 Å². The van der Waals surface area contributed by atoms with Crippen molar-refractivity contribution in [1.29, 1.82) is 0 Å². The van der Waals surface area contributed by atoms with Gasteiger partial charge in [-0.1, -0.05) is 25.7 Å². The average molecular weight is 852 g/mol. The Bertz CT molecular complexity index is 1250. The summed E-state index contributed by atoms with van der Waals surface area (Å²) in [6, 6.07) is 5.12. The Labute approximate surface area is 252 Å². The van der Waals surface area contributed by atoms with Crippen molar-refractivity contribution in [3.8, 4) is 11.5 Å². The lowest BCUT2D eigenvalue weighted by Crippen LogP contribution is -2.16. The van der Waals surface area contributed by atoms with Gasteiger partial charge in [0.25, 0.3) is 10.1 Å². The van der Waals surface area contributed by atoms with Gasteiger partial charge in [0.1, 0.15) is 24.7 Å². The molecule has 0 heterocycles. The number of benzene rings is 2. The number of carbonyl (C=O) groups is 1. The lowest BCUT2D eigenvalue weighted by atomic mass is 9.91. The van der Waals surface area contributed by atoms with E-state index in [1.807, 2.05) is 67.8 Å². The van der Waals surface area contributed by atoms with Crippen molar-refractivity contribution in [3.63, 3.8) is 0 Å². The third-order valence-electron chi connectivity index (χ3n) is 6.93. The molecule has 2 aromatic carbocycles. The average Bonchev–Trinajstić information content (AvgIpc) is 3.54. The molecule has 0 saturated heterocycles. The molecule has 0 atom stereocenters. The van der Waals surface area contributed by atoms with Crippen LogP contribution < -0.4 is 4.74 Å². The van der Waals surface area contributed by atoms with Crippen molar-refractivity contribution < 1.29 is 32.3 Å². The van der Waals surface area contributed by atoms with Crippen LogP contribution in [0.4, 0.5) is 0 Å². The maximum Gasteiger partial charge on any atom is 0.340 e. The molecule has 2 fully saturated rings. The summed E-state index contributed by atoms with van der Waals surface area (Å²) >= 11 is 6.00. The Morgan fingerprint density at radius 2 is 1.47 bits per heavy atom. The summed E-state index contributed by atoms with van der Waals surface area (Å²) in [7, 11) is -4.37. The SMILES string of the molecule is O=C(OCCOc1cc(C2CCCC2)c(S(=O)(=O)O)cc1C1CCCC1)c1c(I)cc(I)c(O)c1I. The van der Waals surface area contributed by atoms with Crippen molar-refractivity contribution in [1.82, 2.24) is 0 Å². The highest BCUT2D eigenvalue weighted by Gasteiger charge is 2.30. The third kappa shape index (κ3) is 6.42. The number of esters is 1. The van der Waals surface area contributed by atoms with Crippen LogP contribution >= 0.6 is 67.8 Å². The molecule has 2 aromatic rings. The van der Waals surface area contributed by atoms with E-state index in [0.29, 0.717) is 27.6 Å². The topological polar surface area (TPSA) is 110 Å². The van der Waals surface area contributed by atoms with Gasteiger partial charge in [0.15, 0.2) is 0 Å². The zero-order chi connectivity index (χ0) is 26.0. The number of hydrogen-bond acceptors (Lipinski definition) is 6. The molecule has 2 aliphatic rings. The van der Waals surface area contributed by atoms with Crippen LogP contribution in [0.3, 0.4) is 0 Å². The van der Waals surface area contributed by atoms with E-state index in [9.17, 15) is 22.9 Å². The highest BCUT2D eigenvalue weighted by atomic mass is 127. The van der Waals surface area contributed by atoms with Crippen LogP contribution in [0.5, 0.6) is 11.5 Å².